The lowest BCUT2D eigenvalue weighted by atomic mass is 9.94. The second kappa shape index (κ2) is 7.87. The van der Waals surface area contributed by atoms with E-state index in [4.69, 9.17) is 0 Å². The lowest BCUT2D eigenvalue weighted by molar-refractivity contribution is -0.445. The number of hydrogen-bond donors (Lipinski definition) is 0. The number of allylic oxidation sites excluding steroid dienone is 3. The van der Waals surface area contributed by atoms with Crippen molar-refractivity contribution in [1.82, 2.24) is 0 Å². The Bertz CT molecular complexity index is 1110. The summed E-state index contributed by atoms with van der Waals surface area (Å²) < 4.78 is 1.56. The van der Waals surface area contributed by atoms with Crippen LogP contribution in [0, 0.1) is 16.0 Å². The van der Waals surface area contributed by atoms with Crippen molar-refractivity contribution in [3.8, 4) is 0 Å². The van der Waals surface area contributed by atoms with Crippen LogP contribution in [0.2, 0.25) is 0 Å². The zero-order valence-electron chi connectivity index (χ0n) is 16.4. The fourth-order valence-electron chi connectivity index (χ4n) is 3.65. The second-order valence-corrected chi connectivity index (χ2v) is 7.13. The van der Waals surface area contributed by atoms with Crippen molar-refractivity contribution in [3.05, 3.63) is 94.1 Å². The van der Waals surface area contributed by atoms with Crippen LogP contribution in [-0.2, 0) is 17.8 Å². The summed E-state index contributed by atoms with van der Waals surface area (Å²) >= 11 is 0. The van der Waals surface area contributed by atoms with Crippen molar-refractivity contribution >= 4 is 29.0 Å². The predicted octanol–water partition coefficient (Wildman–Crippen LogP) is 4.02. The first-order valence-electron chi connectivity index (χ1n) is 9.69. The number of aryl methyl sites for hydroxylation is 1. The van der Waals surface area contributed by atoms with Crippen molar-refractivity contribution in [2.45, 2.75) is 19.9 Å². The number of carbonyl (C=O) groups excluding carboxylic acids is 2. The van der Waals surface area contributed by atoms with Gasteiger partial charge < -0.3 is 0 Å². The fraction of sp³-hybridized carbons (Fsp3) is 0.174. The van der Waals surface area contributed by atoms with Gasteiger partial charge in [0.05, 0.1) is 4.92 Å². The first-order chi connectivity index (χ1) is 14.5. The van der Waals surface area contributed by atoms with Crippen LogP contribution in [0.15, 0.2) is 72.8 Å². The number of nitro groups is 1. The predicted molar refractivity (Wildman–Crippen MR) is 113 cm³/mol. The van der Waals surface area contributed by atoms with E-state index in [1.165, 1.54) is 17.0 Å². The van der Waals surface area contributed by atoms with Gasteiger partial charge in [-0.05, 0) is 47.9 Å². The van der Waals surface area contributed by atoms with Gasteiger partial charge in [0.15, 0.2) is 0 Å². The molecule has 0 bridgehead atoms. The molecule has 0 saturated carbocycles. The van der Waals surface area contributed by atoms with Crippen LogP contribution < -0.4 is 4.90 Å². The number of anilines is 1. The van der Waals surface area contributed by atoms with Crippen LogP contribution in [0.1, 0.15) is 18.1 Å². The van der Waals surface area contributed by atoms with Gasteiger partial charge in [-0.3, -0.25) is 10.1 Å². The standard InChI is InChI=1S/C23H20N3O4/c1-2-16-7-11-18(12-8-16)25-22(27)20-5-3-4-6-21(20)24(23(25)28)15-17-9-13-19(14-10-17)26(29)30/h3-14,20H,2,15H2,1H3/q+1. The van der Waals surface area contributed by atoms with Crippen LogP contribution in [0.25, 0.3) is 0 Å². The summed E-state index contributed by atoms with van der Waals surface area (Å²) in [4.78, 5) is 38.2. The molecule has 7 heteroatoms. The number of carbonyl (C=O) groups is 2. The van der Waals surface area contributed by atoms with Gasteiger partial charge in [0.25, 0.3) is 5.69 Å². The monoisotopic (exact) mass is 402 g/mol. The highest BCUT2D eigenvalue weighted by molar-refractivity contribution is 6.25. The molecule has 1 aliphatic carbocycles. The number of nitrogens with zero attached hydrogens (tertiary/aromatic N) is 3. The highest BCUT2D eigenvalue weighted by Gasteiger charge is 2.47. The van der Waals surface area contributed by atoms with Crippen molar-refractivity contribution in [1.29, 1.82) is 0 Å². The van der Waals surface area contributed by atoms with E-state index >= 15 is 0 Å². The number of non-ortho nitro benzene ring substituents is 1. The van der Waals surface area contributed by atoms with E-state index in [0.717, 1.165) is 17.5 Å². The summed E-state index contributed by atoms with van der Waals surface area (Å²) in [5.41, 5.74) is 2.97. The third-order valence-electron chi connectivity index (χ3n) is 5.31. The fourth-order valence-corrected chi connectivity index (χ4v) is 3.65. The minimum atomic E-state index is -0.559. The molecule has 0 fully saturated rings. The number of rotatable bonds is 5. The van der Waals surface area contributed by atoms with E-state index < -0.39 is 16.9 Å². The third kappa shape index (κ3) is 3.45. The Morgan fingerprint density at radius 3 is 2.30 bits per heavy atom. The highest BCUT2D eigenvalue weighted by Crippen LogP contribution is 2.27. The minimum Gasteiger partial charge on any atom is -0.258 e. The molecule has 4 rings (SSSR count). The number of benzene rings is 2. The third-order valence-corrected chi connectivity index (χ3v) is 5.31. The number of imide groups is 1. The highest BCUT2D eigenvalue weighted by atomic mass is 16.6. The van der Waals surface area contributed by atoms with Gasteiger partial charge in [-0.25, -0.2) is 4.79 Å². The molecular formula is C23H20N3O4+. The van der Waals surface area contributed by atoms with Crippen molar-refractivity contribution in [2.24, 2.45) is 5.92 Å². The van der Waals surface area contributed by atoms with Crippen molar-refractivity contribution in [2.75, 3.05) is 4.90 Å². The van der Waals surface area contributed by atoms with Gasteiger partial charge in [0.1, 0.15) is 23.9 Å². The van der Waals surface area contributed by atoms with E-state index in [0.29, 0.717) is 11.4 Å². The summed E-state index contributed by atoms with van der Waals surface area (Å²) in [5.74, 6) is -0.851. The Balaban J connectivity index is 1.73. The average Bonchev–Trinajstić information content (AvgIpc) is 2.77. The zero-order valence-corrected chi connectivity index (χ0v) is 16.4. The maximum absolute atomic E-state index is 13.4. The zero-order chi connectivity index (χ0) is 21.3. The van der Waals surface area contributed by atoms with Crippen LogP contribution in [0.5, 0.6) is 0 Å². The van der Waals surface area contributed by atoms with Gasteiger partial charge in [-0.2, -0.15) is 9.37 Å². The number of nitro benzene ring substituents is 1. The molecule has 1 atom stereocenters. The first kappa shape index (κ1) is 19.4. The Labute approximate surface area is 173 Å². The summed E-state index contributed by atoms with van der Waals surface area (Å²) in [6, 6.07) is 13.0. The maximum atomic E-state index is 13.4. The molecule has 2 aromatic carbocycles. The van der Waals surface area contributed by atoms with Crippen LogP contribution in [0.3, 0.4) is 0 Å². The van der Waals surface area contributed by atoms with Crippen LogP contribution >= 0.6 is 0 Å². The molecule has 7 nitrogen and oxygen atoms in total. The summed E-state index contributed by atoms with van der Waals surface area (Å²) in [6.45, 7) is 2.25. The first-order valence-corrected chi connectivity index (χ1v) is 9.69. The Morgan fingerprint density at radius 1 is 1.00 bits per heavy atom. The van der Waals surface area contributed by atoms with E-state index in [-0.39, 0.29) is 18.1 Å². The summed E-state index contributed by atoms with van der Waals surface area (Å²) in [6.07, 6.45) is 8.00. The number of fused-ring (bicyclic) bond motifs is 1. The minimum absolute atomic E-state index is 0.0115. The summed E-state index contributed by atoms with van der Waals surface area (Å²) in [7, 11) is 0. The smallest absolute Gasteiger partial charge is 0.258 e. The molecule has 1 aliphatic heterocycles. The van der Waals surface area contributed by atoms with Crippen molar-refractivity contribution in [3.63, 3.8) is 0 Å². The lowest BCUT2D eigenvalue weighted by Gasteiger charge is -2.26. The Kier molecular flexibility index (Phi) is 5.10. The van der Waals surface area contributed by atoms with Gasteiger partial charge >= 0.3 is 11.9 Å². The number of hydrogen-bond acceptors (Lipinski definition) is 4. The van der Waals surface area contributed by atoms with Gasteiger partial charge in [0, 0.05) is 12.1 Å². The molecule has 30 heavy (non-hydrogen) atoms. The normalized spacial score (nSPS) is 18.0. The van der Waals surface area contributed by atoms with E-state index in [1.54, 1.807) is 53.1 Å². The molecule has 0 radical (unpaired) electrons. The Hall–Kier alpha value is -3.87. The topological polar surface area (TPSA) is 83.5 Å². The molecule has 3 amide bonds. The quantitative estimate of drug-likeness (QED) is 0.430. The molecular weight excluding hydrogens is 382 g/mol. The lowest BCUT2D eigenvalue weighted by Crippen LogP contribution is -2.54. The van der Waals surface area contributed by atoms with E-state index in [9.17, 15) is 19.7 Å². The molecule has 150 valence electrons. The molecule has 0 aromatic heterocycles. The van der Waals surface area contributed by atoms with E-state index in [1.807, 2.05) is 19.1 Å². The molecule has 1 heterocycles. The van der Waals surface area contributed by atoms with E-state index in [2.05, 4.69) is 0 Å². The van der Waals surface area contributed by atoms with Crippen molar-refractivity contribution < 1.29 is 19.1 Å². The van der Waals surface area contributed by atoms with Gasteiger partial charge in [-0.15, -0.1) is 4.90 Å². The molecule has 2 aliphatic rings. The molecule has 0 spiro atoms. The molecule has 2 aromatic rings. The SMILES string of the molecule is CCc1ccc(N2C(=O)C3C=CC=CC3=[N+](Cc3ccc([N+](=O)[O-])cc3)C2=O)cc1. The Morgan fingerprint density at radius 2 is 1.67 bits per heavy atom. The molecule has 0 saturated heterocycles. The van der Waals surface area contributed by atoms with Crippen LogP contribution in [0.4, 0.5) is 16.2 Å². The maximum Gasteiger partial charge on any atom is 0.506 e. The molecule has 0 N–H and O–H groups in total. The second-order valence-electron chi connectivity index (χ2n) is 7.13. The number of urea groups is 1. The van der Waals surface area contributed by atoms with Gasteiger partial charge in [-0.1, -0.05) is 37.3 Å². The van der Waals surface area contributed by atoms with Crippen LogP contribution in [-0.4, -0.2) is 27.1 Å². The average molecular weight is 402 g/mol. The summed E-state index contributed by atoms with van der Waals surface area (Å²) in [5, 5.41) is 10.9. The number of amides is 3. The molecule has 1 unspecified atom stereocenters. The van der Waals surface area contributed by atoms with Gasteiger partial charge in [0.2, 0.25) is 0 Å². The largest absolute Gasteiger partial charge is 0.506 e.